The van der Waals surface area contributed by atoms with Crippen molar-refractivity contribution in [2.75, 3.05) is 0 Å². The Kier molecular flexibility index (Phi) is 22.6. The first-order valence-corrected chi connectivity index (χ1v) is 17.2. The number of rotatable bonds is 20. The number of benzene rings is 1. The molecule has 0 saturated heterocycles. The van der Waals surface area contributed by atoms with Crippen LogP contribution in [-0.4, -0.2) is 46.0 Å². The summed E-state index contributed by atoms with van der Waals surface area (Å²) in [6.45, 7) is 3.86. The van der Waals surface area contributed by atoms with Crippen LogP contribution < -0.4 is 103 Å². The van der Waals surface area contributed by atoms with Gasteiger partial charge in [-0.2, -0.15) is 0 Å². The third kappa shape index (κ3) is 15.2. The Morgan fingerprint density at radius 3 is 1.95 bits per heavy atom. The van der Waals surface area contributed by atoms with Crippen molar-refractivity contribution in [3.05, 3.63) is 23.5 Å². The van der Waals surface area contributed by atoms with E-state index in [2.05, 4.69) is 16.9 Å². The van der Waals surface area contributed by atoms with E-state index in [1.165, 1.54) is 63.5 Å². The molecule has 1 unspecified atom stereocenters. The van der Waals surface area contributed by atoms with Gasteiger partial charge in [-0.1, -0.05) is 90.3 Å². The first-order valence-electron chi connectivity index (χ1n) is 13.9. The van der Waals surface area contributed by atoms with Crippen molar-refractivity contribution < 1.29 is 129 Å². The van der Waals surface area contributed by atoms with Crippen molar-refractivity contribution in [1.82, 2.24) is 9.97 Å². The maximum absolute atomic E-state index is 12.0. The van der Waals surface area contributed by atoms with E-state index in [4.69, 9.17) is 12.2 Å². The second kappa shape index (κ2) is 21.6. The molecule has 0 aliphatic carbocycles. The number of H-pyrrole nitrogens is 1. The van der Waals surface area contributed by atoms with Gasteiger partial charge in [0.05, 0.1) is 26.0 Å². The summed E-state index contributed by atoms with van der Waals surface area (Å²) in [6, 6.07) is 2.75. The topological polar surface area (TPSA) is 143 Å². The molecule has 0 aliphatic rings. The zero-order valence-electron chi connectivity index (χ0n) is 24.7. The van der Waals surface area contributed by atoms with Gasteiger partial charge >= 0.3 is 103 Å². The number of thiocarbonyl (C=S) groups is 1. The van der Waals surface area contributed by atoms with E-state index in [9.17, 15) is 25.9 Å². The molecule has 2 rings (SSSR count). The summed E-state index contributed by atoms with van der Waals surface area (Å²) >= 11 is 5.56. The summed E-state index contributed by atoms with van der Waals surface area (Å²) in [7, 11) is -9.16. The molecule has 40 heavy (non-hydrogen) atoms. The number of unbranched alkanes of at least 4 members (excludes halogenated alkanes) is 10. The Morgan fingerprint density at radius 1 is 0.900 bits per heavy atom. The molecule has 0 amide bonds. The SMILES string of the molecule is CCCCCCCCCCCCCC(=S)Cc1c(S(=O)(=O)[O-])ccc2[nH]c(CCC(CC)S(=O)(=O)[O-])nc12.[K+].[K+]. The molecule has 1 heterocycles. The van der Waals surface area contributed by atoms with Crippen molar-refractivity contribution in [2.24, 2.45) is 0 Å². The van der Waals surface area contributed by atoms with E-state index in [1.54, 1.807) is 6.92 Å². The Labute approximate surface area is 331 Å². The molecule has 1 atom stereocenters. The average molecular weight is 665 g/mol. The molecule has 2 aromatic rings. The third-order valence-corrected chi connectivity index (χ3v) is 9.69. The minimum atomic E-state index is -4.74. The van der Waals surface area contributed by atoms with Gasteiger partial charge in [-0.05, 0) is 42.7 Å². The van der Waals surface area contributed by atoms with Crippen LogP contribution in [0.25, 0.3) is 11.0 Å². The number of hydrogen-bond donors (Lipinski definition) is 1. The van der Waals surface area contributed by atoms with Crippen molar-refractivity contribution in [3.63, 3.8) is 0 Å². The first-order chi connectivity index (χ1) is 18.0. The van der Waals surface area contributed by atoms with Crippen LogP contribution in [0.5, 0.6) is 0 Å². The largest absolute Gasteiger partial charge is 1.00 e. The fourth-order valence-electron chi connectivity index (χ4n) is 4.81. The molecule has 0 aliphatic heterocycles. The molecule has 1 N–H and O–H groups in total. The van der Waals surface area contributed by atoms with Crippen LogP contribution in [0.4, 0.5) is 0 Å². The third-order valence-electron chi connectivity index (χ3n) is 7.03. The number of imidazole rings is 1. The predicted octanol–water partition coefficient (Wildman–Crippen LogP) is 0.345. The summed E-state index contributed by atoms with van der Waals surface area (Å²) in [5, 5.41) is -1.02. The van der Waals surface area contributed by atoms with E-state index in [0.29, 0.717) is 28.1 Å². The first kappa shape index (κ1) is 41.9. The van der Waals surface area contributed by atoms with Crippen LogP contribution in [-0.2, 0) is 33.1 Å². The van der Waals surface area contributed by atoms with Crippen molar-refractivity contribution in [1.29, 1.82) is 0 Å². The van der Waals surface area contributed by atoms with Crippen molar-refractivity contribution >= 4 is 48.4 Å². The Balaban J connectivity index is 0.00000760. The van der Waals surface area contributed by atoms with Gasteiger partial charge in [0.25, 0.3) is 0 Å². The molecule has 0 bridgehead atoms. The monoisotopic (exact) mass is 664 g/mol. The number of aryl methyl sites for hydroxylation is 1. The fourth-order valence-corrected chi connectivity index (χ4v) is 6.62. The zero-order valence-corrected chi connectivity index (χ0v) is 33.4. The number of nitrogens with one attached hydrogen (secondary N) is 1. The maximum Gasteiger partial charge on any atom is 1.00 e. The van der Waals surface area contributed by atoms with E-state index in [-0.39, 0.29) is 139 Å². The van der Waals surface area contributed by atoms with Gasteiger partial charge < -0.3 is 14.1 Å². The number of aromatic amines is 1. The second-order valence-electron chi connectivity index (χ2n) is 10.1. The van der Waals surface area contributed by atoms with E-state index < -0.39 is 25.5 Å². The van der Waals surface area contributed by atoms with Gasteiger partial charge in [-0.3, -0.25) is 0 Å². The van der Waals surface area contributed by atoms with Gasteiger partial charge in [-0.25, -0.2) is 21.8 Å². The zero-order chi connectivity index (χ0) is 28.2. The van der Waals surface area contributed by atoms with Crippen LogP contribution in [0.2, 0.25) is 0 Å². The van der Waals surface area contributed by atoms with Crippen LogP contribution in [0.1, 0.15) is 115 Å². The van der Waals surface area contributed by atoms with Crippen molar-refractivity contribution in [2.45, 2.75) is 127 Å². The van der Waals surface area contributed by atoms with E-state index in [0.717, 1.165) is 19.3 Å². The predicted molar refractivity (Wildman–Crippen MR) is 154 cm³/mol. The summed E-state index contributed by atoms with van der Waals surface area (Å²) in [5.41, 5.74) is 1.16. The molecule has 1 aromatic heterocycles. The van der Waals surface area contributed by atoms with Crippen molar-refractivity contribution in [3.8, 4) is 0 Å². The average Bonchev–Trinajstić information content (AvgIpc) is 3.25. The van der Waals surface area contributed by atoms with Crippen LogP contribution >= 0.6 is 12.2 Å². The van der Waals surface area contributed by atoms with Gasteiger partial charge in [0, 0.05) is 23.7 Å². The number of nitrogens with zero attached hydrogens (tertiary/aromatic N) is 1. The molecule has 0 radical (unpaired) electrons. The van der Waals surface area contributed by atoms with Crippen LogP contribution in [0, 0.1) is 0 Å². The minimum absolute atomic E-state index is 0. The number of hydrogen-bond acceptors (Lipinski definition) is 8. The van der Waals surface area contributed by atoms with E-state index in [1.807, 2.05) is 0 Å². The molecule has 0 fully saturated rings. The molecular formula is C27H42K2N2O6S3. The summed E-state index contributed by atoms with van der Waals surface area (Å²) in [4.78, 5) is 7.87. The Bertz CT molecular complexity index is 1250. The molecule has 1 aromatic carbocycles. The maximum atomic E-state index is 12.0. The molecule has 0 spiro atoms. The Morgan fingerprint density at radius 2 is 1.45 bits per heavy atom. The van der Waals surface area contributed by atoms with Gasteiger partial charge in [-0.15, -0.1) is 0 Å². The summed E-state index contributed by atoms with van der Waals surface area (Å²) in [5.74, 6) is 0.431. The molecular weight excluding hydrogens is 623 g/mol. The van der Waals surface area contributed by atoms with Gasteiger partial charge in [0.2, 0.25) is 0 Å². The normalized spacial score (nSPS) is 12.6. The molecule has 8 nitrogen and oxygen atoms in total. The molecule has 13 heteroatoms. The minimum Gasteiger partial charge on any atom is -0.748 e. The van der Waals surface area contributed by atoms with E-state index >= 15 is 0 Å². The summed E-state index contributed by atoms with van der Waals surface area (Å²) in [6.07, 6.45) is 14.8. The molecule has 216 valence electrons. The summed E-state index contributed by atoms with van der Waals surface area (Å²) < 4.78 is 70.1. The van der Waals surface area contributed by atoms with Gasteiger partial charge in [0.15, 0.2) is 0 Å². The quantitative estimate of drug-likeness (QED) is 0.0925. The Hall–Kier alpha value is 1.87. The molecule has 0 saturated carbocycles. The smallest absolute Gasteiger partial charge is 0.748 e. The number of aromatic nitrogens is 2. The van der Waals surface area contributed by atoms with Crippen LogP contribution in [0.15, 0.2) is 17.0 Å². The standard InChI is InChI=1S/C27H44N2O6S3.2K/c1-3-5-6-7-8-9-10-11-12-13-14-15-21(36)20-23-25(38(33,34)35)18-17-24-27(23)29-26(28-24)19-16-22(4-2)37(30,31)32;;/h17-18,22H,3-16,19-20H2,1-2H3,(H,28,29)(H,30,31,32)(H,33,34,35);;/q;2*+1/p-2. The van der Waals surface area contributed by atoms with Gasteiger partial charge in [0.1, 0.15) is 15.9 Å². The number of fused-ring (bicyclic) bond motifs is 1. The van der Waals surface area contributed by atoms with Crippen LogP contribution in [0.3, 0.4) is 0 Å². The second-order valence-corrected chi connectivity index (χ2v) is 13.7. The fraction of sp³-hybridized carbons (Fsp3) is 0.704.